The van der Waals surface area contributed by atoms with Crippen LogP contribution in [0.25, 0.3) is 0 Å². The number of hydrogen-bond acceptors (Lipinski definition) is 5. The van der Waals surface area contributed by atoms with Crippen molar-refractivity contribution in [2.45, 2.75) is 37.6 Å². The van der Waals surface area contributed by atoms with Crippen molar-refractivity contribution in [1.29, 1.82) is 0 Å². The highest BCUT2D eigenvalue weighted by Gasteiger charge is 2.40. The molecule has 0 fully saturated rings. The Bertz CT molecular complexity index is 1420. The molecule has 1 unspecified atom stereocenters. The Morgan fingerprint density at radius 1 is 1.19 bits per heavy atom. The van der Waals surface area contributed by atoms with E-state index in [0.717, 1.165) is 22.0 Å². The lowest BCUT2D eigenvalue weighted by Crippen LogP contribution is -2.39. The molecular weight excluding hydrogens is 514 g/mol. The topological polar surface area (TPSA) is 79.6 Å². The van der Waals surface area contributed by atoms with Crippen LogP contribution in [0.4, 0.5) is 17.6 Å². The van der Waals surface area contributed by atoms with E-state index < -0.39 is 29.8 Å². The number of benzene rings is 2. The number of amides is 1. The maximum atomic E-state index is 14.8. The maximum Gasteiger partial charge on any atom is 0.449 e. The zero-order valence-corrected chi connectivity index (χ0v) is 20.0. The van der Waals surface area contributed by atoms with Crippen LogP contribution in [0.2, 0.25) is 0 Å². The number of hydrazone groups is 1. The number of nitrogens with one attached hydrogen (secondary N) is 1. The lowest BCUT2D eigenvalue weighted by atomic mass is 9.92. The van der Waals surface area contributed by atoms with Crippen molar-refractivity contribution in [1.82, 2.24) is 19.9 Å². The summed E-state index contributed by atoms with van der Waals surface area (Å²) in [5, 5.41) is 4.30. The largest absolute Gasteiger partial charge is 0.449 e. The second-order valence-electron chi connectivity index (χ2n) is 8.72. The summed E-state index contributed by atoms with van der Waals surface area (Å²) in [6.07, 6.45) is -3.65. The van der Waals surface area contributed by atoms with Crippen molar-refractivity contribution in [3.63, 3.8) is 0 Å². The van der Waals surface area contributed by atoms with E-state index in [-0.39, 0.29) is 48.9 Å². The van der Waals surface area contributed by atoms with Crippen LogP contribution in [0.5, 0.6) is 0 Å². The van der Waals surface area contributed by atoms with Gasteiger partial charge in [0.05, 0.1) is 35.1 Å². The second-order valence-corrected chi connectivity index (χ2v) is 8.99. The minimum absolute atomic E-state index is 0.0378. The molecule has 5 rings (SSSR count). The summed E-state index contributed by atoms with van der Waals surface area (Å²) in [6, 6.07) is 10.8. The number of rotatable bonds is 5. The first-order valence-electron chi connectivity index (χ1n) is 11.4. The van der Waals surface area contributed by atoms with Crippen LogP contribution in [0.3, 0.4) is 0 Å². The smallest absolute Gasteiger partial charge is 0.331 e. The molecule has 0 saturated heterocycles. The Morgan fingerprint density at radius 3 is 2.70 bits per heavy atom. The number of alkyl halides is 4. The first kappa shape index (κ1) is 24.9. The Balaban J connectivity index is 1.40. The van der Waals surface area contributed by atoms with E-state index >= 15 is 0 Å². The first-order valence-corrected chi connectivity index (χ1v) is 11.9. The van der Waals surface area contributed by atoms with E-state index in [9.17, 15) is 27.2 Å². The summed E-state index contributed by atoms with van der Waals surface area (Å²) in [5.74, 6) is -2.70. The fourth-order valence-corrected chi connectivity index (χ4v) is 4.90. The first-order chi connectivity index (χ1) is 17.7. The Hall–Kier alpha value is -3.73. The molecule has 1 atom stereocenters. The predicted molar refractivity (Wildman–Crippen MR) is 127 cm³/mol. The number of aromatic nitrogens is 2. The van der Waals surface area contributed by atoms with Crippen LogP contribution in [-0.4, -0.2) is 38.9 Å². The molecule has 1 aromatic heterocycles. The van der Waals surface area contributed by atoms with Crippen LogP contribution in [0, 0.1) is 5.82 Å². The molecule has 3 heterocycles. The zero-order chi connectivity index (χ0) is 26.3. The van der Waals surface area contributed by atoms with Crippen molar-refractivity contribution in [3.8, 4) is 0 Å². The molecule has 1 amide bonds. The van der Waals surface area contributed by atoms with E-state index in [1.54, 1.807) is 0 Å². The summed E-state index contributed by atoms with van der Waals surface area (Å²) in [6.45, 7) is -0.364. The van der Waals surface area contributed by atoms with Gasteiger partial charge in [-0.05, 0) is 23.3 Å². The Morgan fingerprint density at radius 2 is 1.97 bits per heavy atom. The quantitative estimate of drug-likeness (QED) is 0.302. The van der Waals surface area contributed by atoms with Gasteiger partial charge < -0.3 is 14.3 Å². The predicted octanol–water partition coefficient (Wildman–Crippen LogP) is 4.23. The highest BCUT2D eigenvalue weighted by Crippen LogP contribution is 2.33. The number of halogens is 5. The fraction of sp³-hybridized carbons (Fsp3) is 0.280. The van der Waals surface area contributed by atoms with E-state index in [4.69, 9.17) is 11.6 Å². The van der Waals surface area contributed by atoms with Crippen LogP contribution in [-0.2, 0) is 36.4 Å². The van der Waals surface area contributed by atoms with Crippen LogP contribution >= 0.6 is 11.6 Å². The standard InChI is InChI=1S/C25H20ClF4N5O2/c26-11-20-22-12-34(7-8-35(22)24(31-20)25(28,29)30)23(37)17-9-14(5-6-18(17)27)10-19-15-3-1-2-4-16(15)21(13-36)33-32-19/h1-6,9,13,21,33H,7-8,10-12H2. The molecule has 0 aliphatic carbocycles. The molecule has 0 spiro atoms. The molecule has 37 heavy (non-hydrogen) atoms. The second kappa shape index (κ2) is 9.62. The van der Waals surface area contributed by atoms with Crippen molar-refractivity contribution < 1.29 is 27.2 Å². The molecule has 192 valence electrons. The van der Waals surface area contributed by atoms with E-state index in [0.29, 0.717) is 11.3 Å². The van der Waals surface area contributed by atoms with E-state index in [1.807, 2.05) is 24.3 Å². The molecular formula is C25H20ClF4N5O2. The van der Waals surface area contributed by atoms with Gasteiger partial charge in [-0.3, -0.25) is 10.2 Å². The van der Waals surface area contributed by atoms with Crippen LogP contribution < -0.4 is 5.43 Å². The molecule has 0 radical (unpaired) electrons. The number of carbonyl (C=O) groups excluding carboxylic acids is 2. The molecule has 7 nitrogen and oxygen atoms in total. The van der Waals surface area contributed by atoms with Crippen molar-refractivity contribution in [3.05, 3.63) is 87.7 Å². The molecule has 2 aromatic carbocycles. The third-order valence-electron chi connectivity index (χ3n) is 6.47. The highest BCUT2D eigenvalue weighted by atomic mass is 35.5. The molecule has 3 aromatic rings. The SMILES string of the molecule is O=CC1NN=C(Cc2ccc(F)c(C(=O)N3CCn4c(C(F)(F)F)nc(CCl)c4C3)c2)c2ccccc21. The van der Waals surface area contributed by atoms with E-state index in [2.05, 4.69) is 15.5 Å². The Labute approximate surface area is 213 Å². The molecule has 2 aliphatic heterocycles. The molecule has 12 heteroatoms. The summed E-state index contributed by atoms with van der Waals surface area (Å²) in [7, 11) is 0. The average Bonchev–Trinajstić information content (AvgIpc) is 3.28. The van der Waals surface area contributed by atoms with Crippen LogP contribution in [0.15, 0.2) is 47.6 Å². The molecule has 2 aliphatic rings. The van der Waals surface area contributed by atoms with Crippen LogP contribution in [0.1, 0.15) is 50.3 Å². The van der Waals surface area contributed by atoms with Gasteiger partial charge in [0, 0.05) is 25.1 Å². The number of imidazole rings is 1. The molecule has 1 N–H and O–H groups in total. The minimum atomic E-state index is -4.66. The van der Waals surface area contributed by atoms with Gasteiger partial charge >= 0.3 is 6.18 Å². The summed E-state index contributed by atoms with van der Waals surface area (Å²) < 4.78 is 55.9. The lowest BCUT2D eigenvalue weighted by molar-refractivity contribution is -0.147. The Kier molecular flexibility index (Phi) is 6.49. The van der Waals surface area contributed by atoms with Gasteiger partial charge in [-0.1, -0.05) is 30.3 Å². The normalized spacial score (nSPS) is 16.9. The van der Waals surface area contributed by atoms with Gasteiger partial charge in [-0.2, -0.15) is 18.3 Å². The third-order valence-corrected chi connectivity index (χ3v) is 6.72. The van der Waals surface area contributed by atoms with Gasteiger partial charge in [0.15, 0.2) is 0 Å². The number of hydrogen-bond donors (Lipinski definition) is 1. The van der Waals surface area contributed by atoms with Crippen molar-refractivity contribution in [2.24, 2.45) is 5.10 Å². The van der Waals surface area contributed by atoms with Gasteiger partial charge in [-0.25, -0.2) is 9.37 Å². The minimum Gasteiger partial charge on any atom is -0.331 e. The highest BCUT2D eigenvalue weighted by molar-refractivity contribution is 6.17. The summed E-state index contributed by atoms with van der Waals surface area (Å²) in [4.78, 5) is 29.6. The summed E-state index contributed by atoms with van der Waals surface area (Å²) in [5.41, 5.74) is 5.58. The number of aldehydes is 1. The van der Waals surface area contributed by atoms with Crippen molar-refractivity contribution in [2.75, 3.05) is 6.54 Å². The molecule has 0 bridgehead atoms. The van der Waals surface area contributed by atoms with Crippen molar-refractivity contribution >= 4 is 29.5 Å². The number of fused-ring (bicyclic) bond motifs is 2. The van der Waals surface area contributed by atoms with Gasteiger partial charge in [-0.15, -0.1) is 11.6 Å². The van der Waals surface area contributed by atoms with Gasteiger partial charge in [0.25, 0.3) is 5.91 Å². The zero-order valence-electron chi connectivity index (χ0n) is 19.2. The van der Waals surface area contributed by atoms with Gasteiger partial charge in [0.1, 0.15) is 18.1 Å². The monoisotopic (exact) mass is 533 g/mol. The number of nitrogens with zero attached hydrogens (tertiary/aromatic N) is 4. The maximum absolute atomic E-state index is 14.8. The summed E-state index contributed by atoms with van der Waals surface area (Å²) >= 11 is 5.82. The lowest BCUT2D eigenvalue weighted by Gasteiger charge is -2.30. The average molecular weight is 534 g/mol. The number of carbonyl (C=O) groups is 2. The third kappa shape index (κ3) is 4.59. The van der Waals surface area contributed by atoms with Gasteiger partial charge in [0.2, 0.25) is 5.82 Å². The van der Waals surface area contributed by atoms with E-state index in [1.165, 1.54) is 23.1 Å². The molecule has 0 saturated carbocycles. The fourth-order valence-electron chi connectivity index (χ4n) is 4.69.